The number of imide groups is 1. The van der Waals surface area contributed by atoms with Crippen LogP contribution in [-0.2, 0) is 25.5 Å². The molecule has 2 heterocycles. The van der Waals surface area contributed by atoms with Crippen molar-refractivity contribution in [2.24, 2.45) is 10.8 Å². The van der Waals surface area contributed by atoms with Gasteiger partial charge in [-0.05, 0) is 31.2 Å². The number of ketones is 2. The van der Waals surface area contributed by atoms with Crippen molar-refractivity contribution in [3.63, 3.8) is 0 Å². The fourth-order valence-electron chi connectivity index (χ4n) is 7.52. The molecule has 286 valence electrons. The second-order valence-electron chi connectivity index (χ2n) is 13.6. The number of nitrogens with zero attached hydrogens (tertiary/aromatic N) is 2. The second kappa shape index (κ2) is 14.1. The molecule has 8 N–H and O–H groups in total. The Morgan fingerprint density at radius 3 is 2.40 bits per heavy atom. The summed E-state index contributed by atoms with van der Waals surface area (Å²) in [6.45, 7) is 0.615. The summed E-state index contributed by atoms with van der Waals surface area (Å²) in [5.41, 5.74) is 4.15. The van der Waals surface area contributed by atoms with E-state index in [0.717, 1.165) is 17.1 Å². The predicted octanol–water partition coefficient (Wildman–Crippen LogP) is 0.648. The molecule has 0 bridgehead atoms. The number of nitrogens with two attached hydrogens (primary N) is 1. The maximum atomic E-state index is 14.0. The number of phenolic OH excluding ortho intramolecular Hbond substituents is 2. The Hall–Kier alpha value is -5.82. The van der Waals surface area contributed by atoms with Gasteiger partial charge in [-0.25, -0.2) is 10.3 Å². The molecule has 1 saturated heterocycles. The monoisotopic (exact) mass is 756 g/mol. The third-order valence-corrected chi connectivity index (χ3v) is 10.3. The number of rotatable bonds is 8. The van der Waals surface area contributed by atoms with Gasteiger partial charge in [-0.2, -0.15) is 5.10 Å². The first-order chi connectivity index (χ1) is 26.2. The van der Waals surface area contributed by atoms with Crippen molar-refractivity contribution in [1.29, 1.82) is 0 Å². The van der Waals surface area contributed by atoms with Gasteiger partial charge in [-0.1, -0.05) is 18.2 Å². The van der Waals surface area contributed by atoms with E-state index in [-0.39, 0.29) is 45.7 Å². The number of anilines is 1. The number of aromatic hydroxyl groups is 2. The molecular weight excluding hydrogens is 720 g/mol. The molecule has 2 aliphatic heterocycles. The number of methoxy groups -OCH3 is 1. The van der Waals surface area contributed by atoms with Gasteiger partial charge >= 0.3 is 0 Å². The molecule has 55 heavy (non-hydrogen) atoms. The Morgan fingerprint density at radius 1 is 1.04 bits per heavy atom. The fraction of sp³-hybridized carbons (Fsp3) is 0.316. The number of carbonyl (C=O) groups is 5. The van der Waals surface area contributed by atoms with Crippen LogP contribution in [0.3, 0.4) is 0 Å². The number of aliphatic hydroxyl groups excluding tert-OH is 2. The van der Waals surface area contributed by atoms with Gasteiger partial charge in [-0.15, -0.1) is 0 Å². The first-order valence-corrected chi connectivity index (χ1v) is 17.2. The molecule has 0 unspecified atom stereocenters. The molecule has 4 aliphatic rings. The largest absolute Gasteiger partial charge is 0.507 e. The highest BCUT2D eigenvalue weighted by molar-refractivity contribution is 6.31. The first-order valence-electron chi connectivity index (χ1n) is 17.2. The van der Waals surface area contributed by atoms with Crippen molar-refractivity contribution in [1.82, 2.24) is 5.43 Å². The normalized spacial score (nSPS) is 26.1. The Labute approximate surface area is 312 Å². The number of hydrogen-bond acceptors (Lipinski definition) is 15. The highest BCUT2D eigenvalue weighted by atomic mass is 16.7. The molecule has 6 atom stereocenters. The maximum Gasteiger partial charge on any atom is 0.271 e. The smallest absolute Gasteiger partial charge is 0.271 e. The van der Waals surface area contributed by atoms with Crippen molar-refractivity contribution in [3.8, 4) is 17.2 Å². The highest BCUT2D eigenvalue weighted by Gasteiger charge is 2.49. The van der Waals surface area contributed by atoms with Gasteiger partial charge in [0.1, 0.15) is 22.8 Å². The van der Waals surface area contributed by atoms with Crippen molar-refractivity contribution < 1.29 is 63.7 Å². The van der Waals surface area contributed by atoms with Crippen LogP contribution in [0.5, 0.6) is 17.2 Å². The van der Waals surface area contributed by atoms with E-state index < -0.39 is 113 Å². The zero-order chi connectivity index (χ0) is 39.5. The zero-order valence-electron chi connectivity index (χ0n) is 29.4. The third-order valence-electron chi connectivity index (χ3n) is 10.3. The van der Waals surface area contributed by atoms with E-state index in [4.69, 9.17) is 19.9 Å². The summed E-state index contributed by atoms with van der Waals surface area (Å²) in [7, 11) is 1.31. The summed E-state index contributed by atoms with van der Waals surface area (Å²) in [4.78, 5) is 66.4. The van der Waals surface area contributed by atoms with Crippen LogP contribution in [0.2, 0.25) is 0 Å². The molecule has 17 heteroatoms. The molecule has 3 aromatic carbocycles. The van der Waals surface area contributed by atoms with Crippen LogP contribution >= 0.6 is 0 Å². The molecule has 0 aromatic heterocycles. The van der Waals surface area contributed by atoms with E-state index in [1.54, 1.807) is 6.92 Å². The minimum absolute atomic E-state index is 0.0374. The number of amides is 3. The van der Waals surface area contributed by atoms with E-state index in [9.17, 15) is 49.5 Å². The molecule has 3 amide bonds. The summed E-state index contributed by atoms with van der Waals surface area (Å²) in [5, 5.41) is 60.8. The molecule has 17 nitrogen and oxygen atoms in total. The minimum atomic E-state index is -2.25. The van der Waals surface area contributed by atoms with E-state index in [1.807, 2.05) is 0 Å². The van der Waals surface area contributed by atoms with E-state index in [1.165, 1.54) is 49.6 Å². The maximum absolute atomic E-state index is 14.0. The van der Waals surface area contributed by atoms with Crippen LogP contribution < -0.4 is 20.8 Å². The first kappa shape index (κ1) is 37.5. The van der Waals surface area contributed by atoms with E-state index in [2.05, 4.69) is 10.5 Å². The van der Waals surface area contributed by atoms with Crippen LogP contribution in [0, 0.1) is 0 Å². The quantitative estimate of drug-likeness (QED) is 0.0563. The molecule has 1 fully saturated rings. The molecule has 7 rings (SSSR count). The van der Waals surface area contributed by atoms with Crippen molar-refractivity contribution in [2.45, 2.75) is 62.4 Å². The predicted molar refractivity (Wildman–Crippen MR) is 190 cm³/mol. The molecule has 0 radical (unpaired) electrons. The zero-order valence-corrected chi connectivity index (χ0v) is 29.4. The SMILES string of the molecule is COc1cccc2c1C(=O)c1c(O)c3c(c(O)c1C2=O)C[C@@](O)(/C(CO)=N/NC(=O)c1cccc(N2C(=O)C=CC2=O)c1)C[C@@H]3O[C@H]1C[C@H](N)[C@H](O)[C@H](C)O1. The lowest BCUT2D eigenvalue weighted by molar-refractivity contribution is -0.245. The van der Waals surface area contributed by atoms with Crippen LogP contribution in [0.1, 0.15) is 79.2 Å². The Kier molecular flexibility index (Phi) is 9.62. The molecule has 0 spiro atoms. The average molecular weight is 757 g/mol. The summed E-state index contributed by atoms with van der Waals surface area (Å²) < 4.78 is 17.4. The van der Waals surface area contributed by atoms with Gasteiger partial charge in [0.2, 0.25) is 5.78 Å². The van der Waals surface area contributed by atoms with Gasteiger partial charge in [0, 0.05) is 59.7 Å². The lowest BCUT2D eigenvalue weighted by Crippen LogP contribution is -2.53. The number of benzene rings is 3. The lowest BCUT2D eigenvalue weighted by atomic mass is 9.71. The van der Waals surface area contributed by atoms with Crippen molar-refractivity contribution in [3.05, 3.63) is 93.6 Å². The fourth-order valence-corrected chi connectivity index (χ4v) is 7.52. The molecule has 2 aliphatic carbocycles. The topological polar surface area (TPSA) is 268 Å². The van der Waals surface area contributed by atoms with Gasteiger partial charge in [0.25, 0.3) is 17.7 Å². The molecule has 0 saturated carbocycles. The van der Waals surface area contributed by atoms with E-state index >= 15 is 0 Å². The van der Waals surface area contributed by atoms with Gasteiger partial charge in [0.05, 0.1) is 60.1 Å². The van der Waals surface area contributed by atoms with Crippen LogP contribution in [0.15, 0.2) is 59.7 Å². The van der Waals surface area contributed by atoms with Crippen LogP contribution in [-0.4, -0.2) is 104 Å². The molecule has 3 aromatic rings. The minimum Gasteiger partial charge on any atom is -0.507 e. The summed E-state index contributed by atoms with van der Waals surface area (Å²) in [6, 6.07) is 9.04. The van der Waals surface area contributed by atoms with Crippen molar-refractivity contribution >= 4 is 40.7 Å². The number of aliphatic hydroxyl groups is 3. The lowest BCUT2D eigenvalue weighted by Gasteiger charge is -2.43. The summed E-state index contributed by atoms with van der Waals surface area (Å²) in [5.74, 6) is -5.07. The van der Waals surface area contributed by atoms with Gasteiger partial charge in [0.15, 0.2) is 12.1 Å². The van der Waals surface area contributed by atoms with Gasteiger partial charge in [-0.3, -0.25) is 24.0 Å². The Bertz CT molecular complexity index is 2210. The van der Waals surface area contributed by atoms with Crippen LogP contribution in [0.4, 0.5) is 5.69 Å². The number of phenols is 2. The van der Waals surface area contributed by atoms with Crippen LogP contribution in [0.25, 0.3) is 0 Å². The van der Waals surface area contributed by atoms with E-state index in [0.29, 0.717) is 0 Å². The highest BCUT2D eigenvalue weighted by Crippen LogP contribution is 2.52. The van der Waals surface area contributed by atoms with Crippen molar-refractivity contribution in [2.75, 3.05) is 18.6 Å². The average Bonchev–Trinajstić information content (AvgIpc) is 3.50. The standard InChI is InChI=1S/C38H36N4O13/c1-16-32(46)21(39)12-27(54-16)55-23-14-38(52,24(15-43)40-41-37(51)17-5-3-6-18(11-17)42-25(44)9-10-26(42)45)13-20-29(23)36(50)31-30(34(20)48)33(47)19-7-4-8-22(53-2)28(19)35(31)49/h3-11,16,21,23,27,32,43,46,48,50,52H,12-15,39H2,1-2H3,(H,41,51)/b40-24+/t16-,21-,23-,27-,32+,38-/m0/s1. The molecular formula is C38H36N4O13. The number of carbonyl (C=O) groups excluding carboxylic acids is 5. The number of ether oxygens (including phenoxy) is 3. The number of nitrogens with one attached hydrogen (secondary N) is 1. The third kappa shape index (κ3) is 6.25. The Balaban J connectivity index is 1.28. The number of fused-ring (bicyclic) bond motifs is 3. The Morgan fingerprint density at radius 2 is 1.73 bits per heavy atom. The van der Waals surface area contributed by atoms with Gasteiger partial charge < -0.3 is 45.5 Å². The summed E-state index contributed by atoms with van der Waals surface area (Å²) >= 11 is 0. The summed E-state index contributed by atoms with van der Waals surface area (Å²) in [6.07, 6.45) is -3.39. The number of hydrogen-bond donors (Lipinski definition) is 7. The second-order valence-corrected chi connectivity index (χ2v) is 13.6. The number of hydrazone groups is 1.